The number of thiazole rings is 1. The van der Waals surface area contributed by atoms with E-state index in [9.17, 15) is 14.7 Å². The maximum Gasteiger partial charge on any atom is 0.336 e. The summed E-state index contributed by atoms with van der Waals surface area (Å²) in [7, 11) is 0. The van der Waals surface area contributed by atoms with Crippen molar-refractivity contribution in [3.05, 3.63) is 75.3 Å². The number of benzene rings is 2. The molecule has 3 aromatic rings. The Labute approximate surface area is 195 Å². The number of aryl methyl sites for hydroxylation is 1. The van der Waals surface area contributed by atoms with Gasteiger partial charge in [0.2, 0.25) is 0 Å². The molecule has 1 aromatic heterocycles. The maximum absolute atomic E-state index is 12.7. The number of aliphatic carboxylic acids is 1. The smallest absolute Gasteiger partial charge is 0.336 e. The second kappa shape index (κ2) is 9.40. The van der Waals surface area contributed by atoms with Gasteiger partial charge in [-0.2, -0.15) is 0 Å². The van der Waals surface area contributed by atoms with E-state index in [0.29, 0.717) is 41.6 Å². The quantitative estimate of drug-likeness (QED) is 0.513. The molecule has 1 aliphatic heterocycles. The topological polar surface area (TPSA) is 88.5 Å². The number of halogens is 1. The number of ether oxygens (including phenoxy) is 1. The van der Waals surface area contributed by atoms with Gasteiger partial charge in [-0.1, -0.05) is 48.0 Å². The number of amides is 1. The van der Waals surface area contributed by atoms with Crippen molar-refractivity contribution < 1.29 is 19.4 Å². The highest BCUT2D eigenvalue weighted by Gasteiger charge is 2.42. The third kappa shape index (κ3) is 4.85. The summed E-state index contributed by atoms with van der Waals surface area (Å²) in [4.78, 5) is 29.5. The van der Waals surface area contributed by atoms with E-state index < -0.39 is 11.6 Å². The number of aromatic nitrogens is 1. The number of nitrogens with zero attached hydrogens (tertiary/aromatic N) is 1. The molecule has 1 unspecified atom stereocenters. The lowest BCUT2D eigenvalue weighted by Crippen LogP contribution is -2.40. The number of hydrogen-bond donors (Lipinski definition) is 2. The molecule has 2 heterocycles. The summed E-state index contributed by atoms with van der Waals surface area (Å²) < 4.78 is 5.55. The van der Waals surface area contributed by atoms with E-state index >= 15 is 0 Å². The lowest BCUT2D eigenvalue weighted by Gasteiger charge is -2.23. The van der Waals surface area contributed by atoms with Crippen molar-refractivity contribution in [2.24, 2.45) is 0 Å². The molecular weight excluding hydrogens is 448 g/mol. The van der Waals surface area contributed by atoms with Crippen molar-refractivity contribution in [3.8, 4) is 10.6 Å². The largest absolute Gasteiger partial charge is 0.479 e. The Hall–Kier alpha value is -2.74. The van der Waals surface area contributed by atoms with Gasteiger partial charge >= 0.3 is 5.97 Å². The van der Waals surface area contributed by atoms with Crippen LogP contribution in [-0.4, -0.2) is 34.2 Å². The lowest BCUT2D eigenvalue weighted by atomic mass is 9.91. The lowest BCUT2D eigenvalue weighted by molar-refractivity contribution is -0.159. The van der Waals surface area contributed by atoms with Crippen molar-refractivity contribution in [1.29, 1.82) is 0 Å². The van der Waals surface area contributed by atoms with Crippen LogP contribution in [0.2, 0.25) is 5.02 Å². The van der Waals surface area contributed by atoms with Gasteiger partial charge in [-0.15, -0.1) is 11.3 Å². The summed E-state index contributed by atoms with van der Waals surface area (Å²) in [5, 5.41) is 13.9. The molecule has 2 aromatic carbocycles. The van der Waals surface area contributed by atoms with Gasteiger partial charge in [-0.25, -0.2) is 9.78 Å². The van der Waals surface area contributed by atoms with Crippen LogP contribution in [0, 0.1) is 6.92 Å². The standard InChI is InChI=1S/C24H23ClN2O4S/c1-15-20(32-22(27-15)18-7-9-19(25)10-8-18)21(28)26-14-17-5-3-16(4-6-17)13-24(23(29)30)11-2-12-31-24/h3-10H,2,11-14H2,1H3,(H,26,28)(H,29,30). The van der Waals surface area contributed by atoms with E-state index in [1.807, 2.05) is 43.3 Å². The molecule has 0 aliphatic carbocycles. The van der Waals surface area contributed by atoms with Gasteiger partial charge in [-0.05, 0) is 43.0 Å². The van der Waals surface area contributed by atoms with Crippen molar-refractivity contribution in [2.75, 3.05) is 6.61 Å². The Bertz CT molecular complexity index is 1120. The third-order valence-corrected chi connectivity index (χ3v) is 7.01. The summed E-state index contributed by atoms with van der Waals surface area (Å²) in [5.74, 6) is -1.09. The molecule has 0 spiro atoms. The molecule has 1 aliphatic rings. The van der Waals surface area contributed by atoms with Crippen LogP contribution in [-0.2, 0) is 22.5 Å². The number of carboxylic acids is 1. The fraction of sp³-hybridized carbons (Fsp3) is 0.292. The molecule has 1 amide bonds. The second-order valence-corrected chi connectivity index (χ2v) is 9.30. The van der Waals surface area contributed by atoms with Crippen molar-refractivity contribution in [3.63, 3.8) is 0 Å². The van der Waals surface area contributed by atoms with Gasteiger partial charge in [0.15, 0.2) is 5.60 Å². The summed E-state index contributed by atoms with van der Waals surface area (Å²) in [6.07, 6.45) is 1.61. The molecule has 0 bridgehead atoms. The summed E-state index contributed by atoms with van der Waals surface area (Å²) in [6, 6.07) is 15.0. The van der Waals surface area contributed by atoms with Crippen LogP contribution in [0.25, 0.3) is 10.6 Å². The number of carboxylic acid groups (broad SMARTS) is 1. The van der Waals surface area contributed by atoms with Crippen LogP contribution in [0.4, 0.5) is 0 Å². The number of carbonyl (C=O) groups excluding carboxylic acids is 1. The first kappa shape index (κ1) is 22.5. The Morgan fingerprint density at radius 3 is 2.47 bits per heavy atom. The van der Waals surface area contributed by atoms with Gasteiger partial charge in [0.25, 0.3) is 5.91 Å². The van der Waals surface area contributed by atoms with Crippen molar-refractivity contribution in [2.45, 2.75) is 38.3 Å². The molecule has 8 heteroatoms. The Morgan fingerprint density at radius 2 is 1.84 bits per heavy atom. The minimum atomic E-state index is -1.12. The van der Waals surface area contributed by atoms with Crippen LogP contribution in [0.5, 0.6) is 0 Å². The Kier molecular flexibility index (Phi) is 6.60. The summed E-state index contributed by atoms with van der Waals surface area (Å²) in [6.45, 7) is 2.67. The summed E-state index contributed by atoms with van der Waals surface area (Å²) >= 11 is 7.29. The minimum absolute atomic E-state index is 0.173. The SMILES string of the molecule is Cc1nc(-c2ccc(Cl)cc2)sc1C(=O)NCc1ccc(CC2(C(=O)O)CCCO2)cc1. The second-order valence-electron chi connectivity index (χ2n) is 7.87. The molecule has 0 radical (unpaired) electrons. The van der Waals surface area contributed by atoms with E-state index in [2.05, 4.69) is 10.3 Å². The molecule has 6 nitrogen and oxygen atoms in total. The molecule has 1 saturated heterocycles. The molecule has 0 saturated carbocycles. The third-order valence-electron chi connectivity index (χ3n) is 5.55. The number of hydrogen-bond acceptors (Lipinski definition) is 5. The zero-order chi connectivity index (χ0) is 22.7. The van der Waals surface area contributed by atoms with E-state index in [4.69, 9.17) is 16.3 Å². The van der Waals surface area contributed by atoms with Gasteiger partial charge in [0.1, 0.15) is 9.88 Å². The Balaban J connectivity index is 1.38. The first-order valence-electron chi connectivity index (χ1n) is 10.3. The van der Waals surface area contributed by atoms with Crippen molar-refractivity contribution in [1.82, 2.24) is 10.3 Å². The average Bonchev–Trinajstić information content (AvgIpc) is 3.41. The van der Waals surface area contributed by atoms with Crippen LogP contribution >= 0.6 is 22.9 Å². The monoisotopic (exact) mass is 470 g/mol. The van der Waals surface area contributed by atoms with Gasteiger partial charge in [-0.3, -0.25) is 4.79 Å². The van der Waals surface area contributed by atoms with E-state index in [-0.39, 0.29) is 5.91 Å². The highest BCUT2D eigenvalue weighted by molar-refractivity contribution is 7.17. The zero-order valence-electron chi connectivity index (χ0n) is 17.6. The first-order chi connectivity index (χ1) is 15.4. The van der Waals surface area contributed by atoms with Gasteiger partial charge in [0, 0.05) is 30.2 Å². The van der Waals surface area contributed by atoms with Crippen LogP contribution in [0.15, 0.2) is 48.5 Å². The number of carbonyl (C=O) groups is 2. The van der Waals surface area contributed by atoms with Gasteiger partial charge < -0.3 is 15.2 Å². The molecule has 4 rings (SSSR count). The number of nitrogens with one attached hydrogen (secondary N) is 1. The molecule has 1 atom stereocenters. The highest BCUT2D eigenvalue weighted by atomic mass is 35.5. The maximum atomic E-state index is 12.7. The van der Waals surface area contributed by atoms with Crippen LogP contribution in [0.1, 0.15) is 39.3 Å². The first-order valence-corrected chi connectivity index (χ1v) is 11.5. The van der Waals surface area contributed by atoms with E-state index in [1.165, 1.54) is 11.3 Å². The minimum Gasteiger partial charge on any atom is -0.479 e. The molecular formula is C24H23ClN2O4S. The Morgan fingerprint density at radius 1 is 1.16 bits per heavy atom. The fourth-order valence-electron chi connectivity index (χ4n) is 3.77. The van der Waals surface area contributed by atoms with E-state index in [0.717, 1.165) is 28.1 Å². The molecule has 32 heavy (non-hydrogen) atoms. The van der Waals surface area contributed by atoms with Crippen LogP contribution in [0.3, 0.4) is 0 Å². The average molecular weight is 471 g/mol. The summed E-state index contributed by atoms with van der Waals surface area (Å²) in [5.41, 5.74) is 2.31. The van der Waals surface area contributed by atoms with Gasteiger partial charge in [0.05, 0.1) is 5.69 Å². The van der Waals surface area contributed by atoms with Crippen LogP contribution < -0.4 is 5.32 Å². The predicted molar refractivity (Wildman–Crippen MR) is 124 cm³/mol. The number of rotatable bonds is 7. The van der Waals surface area contributed by atoms with Crippen molar-refractivity contribution >= 4 is 34.8 Å². The molecule has 2 N–H and O–H groups in total. The fourth-order valence-corrected chi connectivity index (χ4v) is 4.89. The predicted octanol–water partition coefficient (Wildman–Crippen LogP) is 4.88. The normalized spacial score (nSPS) is 17.9. The molecule has 166 valence electrons. The highest BCUT2D eigenvalue weighted by Crippen LogP contribution is 2.31. The molecule has 1 fully saturated rings. The van der Waals surface area contributed by atoms with E-state index in [1.54, 1.807) is 12.1 Å². The zero-order valence-corrected chi connectivity index (χ0v) is 19.1.